The van der Waals surface area contributed by atoms with Crippen molar-refractivity contribution in [2.75, 3.05) is 38.1 Å². The number of rotatable bonds is 4. The van der Waals surface area contributed by atoms with Gasteiger partial charge in [0.1, 0.15) is 0 Å². The molecule has 1 aliphatic heterocycles. The number of likely N-dealkylation sites (N-methyl/N-ethyl adjacent to an activating group) is 1. The first-order valence-corrected chi connectivity index (χ1v) is 8.35. The zero-order chi connectivity index (χ0) is 14.5. The average Bonchev–Trinajstić information content (AvgIpc) is 2.57. The third-order valence-electron chi connectivity index (χ3n) is 3.96. The van der Waals surface area contributed by atoms with Crippen molar-refractivity contribution in [2.24, 2.45) is 0 Å². The summed E-state index contributed by atoms with van der Waals surface area (Å²) in [6, 6.07) is 7.23. The molecule has 1 atom stereocenters. The minimum absolute atomic E-state index is 0.559. The van der Waals surface area contributed by atoms with Crippen LogP contribution in [0.4, 0.5) is 5.69 Å². The van der Waals surface area contributed by atoms with Crippen molar-refractivity contribution < 1.29 is 0 Å². The van der Waals surface area contributed by atoms with Gasteiger partial charge >= 0.3 is 0 Å². The molecule has 20 heavy (non-hydrogen) atoms. The summed E-state index contributed by atoms with van der Waals surface area (Å²) in [6.07, 6.45) is 1.23. The zero-order valence-electron chi connectivity index (χ0n) is 12.8. The van der Waals surface area contributed by atoms with Gasteiger partial charge in [-0.1, -0.05) is 22.9 Å². The Balaban J connectivity index is 2.25. The highest BCUT2D eigenvalue weighted by molar-refractivity contribution is 9.10. The fraction of sp³-hybridized carbons (Fsp3) is 0.625. The normalized spacial score (nSPS) is 21.0. The molecule has 0 bridgehead atoms. The fourth-order valence-electron chi connectivity index (χ4n) is 2.97. The van der Waals surface area contributed by atoms with Crippen molar-refractivity contribution >= 4 is 21.6 Å². The van der Waals surface area contributed by atoms with Crippen molar-refractivity contribution in [3.05, 3.63) is 28.2 Å². The monoisotopic (exact) mass is 339 g/mol. The smallest absolute Gasteiger partial charge is 0.0415 e. The third-order valence-corrected chi connectivity index (χ3v) is 4.46. The Hall–Kier alpha value is -0.580. The molecule has 0 saturated carbocycles. The van der Waals surface area contributed by atoms with Crippen LogP contribution < -0.4 is 10.2 Å². The van der Waals surface area contributed by atoms with Gasteiger partial charge in [-0.15, -0.1) is 0 Å². The van der Waals surface area contributed by atoms with E-state index in [1.165, 1.54) is 24.2 Å². The molecule has 0 aromatic heterocycles. The van der Waals surface area contributed by atoms with Gasteiger partial charge in [0.15, 0.2) is 0 Å². The van der Waals surface area contributed by atoms with Gasteiger partial charge in [-0.05, 0) is 57.2 Å². The fourth-order valence-corrected chi connectivity index (χ4v) is 3.37. The van der Waals surface area contributed by atoms with Gasteiger partial charge in [-0.25, -0.2) is 0 Å². The van der Waals surface area contributed by atoms with Crippen LogP contribution in [0.15, 0.2) is 22.7 Å². The lowest BCUT2D eigenvalue weighted by Gasteiger charge is -2.32. The van der Waals surface area contributed by atoms with Crippen LogP contribution in [0, 0.1) is 0 Å². The Bertz CT molecular complexity index is 436. The van der Waals surface area contributed by atoms with E-state index < -0.39 is 0 Å². The van der Waals surface area contributed by atoms with Crippen molar-refractivity contribution in [2.45, 2.75) is 32.9 Å². The summed E-state index contributed by atoms with van der Waals surface area (Å²) >= 11 is 3.60. The summed E-state index contributed by atoms with van der Waals surface area (Å²) in [7, 11) is 2.22. The molecule has 0 radical (unpaired) electrons. The molecule has 1 unspecified atom stereocenters. The van der Waals surface area contributed by atoms with Gasteiger partial charge in [-0.3, -0.25) is 0 Å². The molecule has 1 N–H and O–H groups in total. The van der Waals surface area contributed by atoms with Crippen LogP contribution in [-0.2, 0) is 6.54 Å². The maximum Gasteiger partial charge on any atom is 0.0415 e. The zero-order valence-corrected chi connectivity index (χ0v) is 14.4. The molecule has 3 nitrogen and oxygen atoms in total. The first kappa shape index (κ1) is 15.8. The van der Waals surface area contributed by atoms with E-state index >= 15 is 0 Å². The van der Waals surface area contributed by atoms with Crippen LogP contribution in [0.3, 0.4) is 0 Å². The first-order chi connectivity index (χ1) is 9.61. The largest absolute Gasteiger partial charge is 0.367 e. The van der Waals surface area contributed by atoms with Crippen molar-refractivity contribution in [1.29, 1.82) is 0 Å². The SMILES string of the molecule is CCNCc1cc(Br)ccc1N1CCCN(C)CC1C. The molecule has 112 valence electrons. The van der Waals surface area contributed by atoms with Crippen LogP contribution in [0.5, 0.6) is 0 Å². The second-order valence-corrected chi connectivity index (χ2v) is 6.63. The lowest BCUT2D eigenvalue weighted by Crippen LogP contribution is -2.38. The number of anilines is 1. The molecular formula is C16H26BrN3. The first-order valence-electron chi connectivity index (χ1n) is 7.56. The number of hydrogen-bond donors (Lipinski definition) is 1. The number of hydrogen-bond acceptors (Lipinski definition) is 3. The Morgan fingerprint density at radius 3 is 2.90 bits per heavy atom. The van der Waals surface area contributed by atoms with Crippen LogP contribution in [-0.4, -0.2) is 44.2 Å². The maximum atomic E-state index is 3.60. The van der Waals surface area contributed by atoms with E-state index in [-0.39, 0.29) is 0 Å². The average molecular weight is 340 g/mol. The third kappa shape index (κ3) is 3.96. The molecule has 4 heteroatoms. The van der Waals surface area contributed by atoms with Gasteiger partial charge in [0.05, 0.1) is 0 Å². The Morgan fingerprint density at radius 2 is 2.15 bits per heavy atom. The summed E-state index contributed by atoms with van der Waals surface area (Å²) in [5, 5.41) is 3.45. The topological polar surface area (TPSA) is 18.5 Å². The molecule has 0 aliphatic carbocycles. The van der Waals surface area contributed by atoms with Gasteiger partial charge in [0.25, 0.3) is 0 Å². The highest BCUT2D eigenvalue weighted by Gasteiger charge is 2.21. The minimum atomic E-state index is 0.559. The summed E-state index contributed by atoms with van der Waals surface area (Å²) in [4.78, 5) is 5.01. The number of benzene rings is 1. The molecule has 1 aromatic carbocycles. The maximum absolute atomic E-state index is 3.60. The quantitative estimate of drug-likeness (QED) is 0.909. The molecule has 1 saturated heterocycles. The van der Waals surface area contributed by atoms with Crippen molar-refractivity contribution in [3.8, 4) is 0 Å². The van der Waals surface area contributed by atoms with Gasteiger partial charge in [0, 0.05) is 35.8 Å². The van der Waals surface area contributed by atoms with Gasteiger partial charge in [0.2, 0.25) is 0 Å². The number of halogens is 1. The molecule has 0 amide bonds. The summed E-state index contributed by atoms with van der Waals surface area (Å²) < 4.78 is 1.16. The number of nitrogens with zero attached hydrogens (tertiary/aromatic N) is 2. The lowest BCUT2D eigenvalue weighted by molar-refractivity contribution is 0.337. The van der Waals surface area contributed by atoms with E-state index in [1.54, 1.807) is 0 Å². The van der Waals surface area contributed by atoms with E-state index in [0.29, 0.717) is 6.04 Å². The van der Waals surface area contributed by atoms with Crippen LogP contribution >= 0.6 is 15.9 Å². The minimum Gasteiger partial charge on any atom is -0.367 e. The molecule has 2 rings (SSSR count). The van der Waals surface area contributed by atoms with E-state index in [0.717, 1.165) is 30.7 Å². The highest BCUT2D eigenvalue weighted by atomic mass is 79.9. The van der Waals surface area contributed by atoms with E-state index in [1.807, 2.05) is 0 Å². The highest BCUT2D eigenvalue weighted by Crippen LogP contribution is 2.27. The molecular weight excluding hydrogens is 314 g/mol. The molecule has 1 aromatic rings. The van der Waals surface area contributed by atoms with Gasteiger partial charge in [-0.2, -0.15) is 0 Å². The Labute approximate surface area is 131 Å². The van der Waals surface area contributed by atoms with Crippen molar-refractivity contribution in [3.63, 3.8) is 0 Å². The summed E-state index contributed by atoms with van der Waals surface area (Å²) in [6.45, 7) is 9.90. The van der Waals surface area contributed by atoms with Crippen molar-refractivity contribution in [1.82, 2.24) is 10.2 Å². The van der Waals surface area contributed by atoms with Crippen LogP contribution in [0.25, 0.3) is 0 Å². The molecule has 1 fully saturated rings. The number of nitrogens with one attached hydrogen (secondary N) is 1. The standard InChI is InChI=1S/C16H26BrN3/c1-4-18-11-14-10-15(17)6-7-16(14)20-9-5-8-19(3)12-13(20)2/h6-7,10,13,18H,4-5,8-9,11-12H2,1-3H3. The summed E-state index contributed by atoms with van der Waals surface area (Å²) in [5.74, 6) is 0. The predicted octanol–water partition coefficient (Wildman–Crippen LogP) is 3.09. The van der Waals surface area contributed by atoms with E-state index in [9.17, 15) is 0 Å². The predicted molar refractivity (Wildman–Crippen MR) is 90.4 cm³/mol. The van der Waals surface area contributed by atoms with Gasteiger partial charge < -0.3 is 15.1 Å². The molecule has 1 heterocycles. The molecule has 1 aliphatic rings. The van der Waals surface area contributed by atoms with E-state index in [4.69, 9.17) is 0 Å². The molecule has 0 spiro atoms. The van der Waals surface area contributed by atoms with Crippen LogP contribution in [0.2, 0.25) is 0 Å². The Morgan fingerprint density at radius 1 is 1.35 bits per heavy atom. The second-order valence-electron chi connectivity index (χ2n) is 5.71. The second kappa shape index (κ2) is 7.43. The van der Waals surface area contributed by atoms with E-state index in [2.05, 4.69) is 70.1 Å². The summed E-state index contributed by atoms with van der Waals surface area (Å²) in [5.41, 5.74) is 2.77. The lowest BCUT2D eigenvalue weighted by atomic mass is 10.1. The van der Waals surface area contributed by atoms with Crippen LogP contribution in [0.1, 0.15) is 25.8 Å². The Kier molecular flexibility index (Phi) is 5.87.